The summed E-state index contributed by atoms with van der Waals surface area (Å²) in [7, 11) is 1.72. The first-order valence-corrected chi connectivity index (χ1v) is 5.58. The van der Waals surface area contributed by atoms with Gasteiger partial charge in [-0.15, -0.1) is 0 Å². The van der Waals surface area contributed by atoms with Crippen molar-refractivity contribution in [1.29, 1.82) is 0 Å². The van der Waals surface area contributed by atoms with Crippen molar-refractivity contribution >= 4 is 5.91 Å². The van der Waals surface area contributed by atoms with Crippen LogP contribution in [0.2, 0.25) is 0 Å². The smallest absolute Gasteiger partial charge is 0.257 e. The topological polar surface area (TPSA) is 42.7 Å². The Labute approximate surface area is 95.2 Å². The summed E-state index contributed by atoms with van der Waals surface area (Å²) < 4.78 is 10.4. The predicted octanol–water partition coefficient (Wildman–Crippen LogP) is 1.84. The van der Waals surface area contributed by atoms with Crippen LogP contribution in [0.3, 0.4) is 0 Å². The summed E-state index contributed by atoms with van der Waals surface area (Å²) in [5.41, 5.74) is 0.677. The van der Waals surface area contributed by atoms with Crippen LogP contribution < -0.4 is 0 Å². The monoisotopic (exact) mass is 223 g/mol. The standard InChI is InChI=1S/C12H17NO3/c1-9-11(5-8-16-9)12(14)13-6-3-10(15-2)4-7-13/h5,8,10H,3-4,6-7H2,1-2H3. The molecule has 2 heterocycles. The molecule has 0 spiro atoms. The summed E-state index contributed by atoms with van der Waals surface area (Å²) in [4.78, 5) is 14.0. The highest BCUT2D eigenvalue weighted by Gasteiger charge is 2.24. The average molecular weight is 223 g/mol. The molecule has 2 rings (SSSR count). The van der Waals surface area contributed by atoms with Gasteiger partial charge in [0.25, 0.3) is 5.91 Å². The molecule has 0 saturated carbocycles. The van der Waals surface area contributed by atoms with Gasteiger partial charge in [0, 0.05) is 20.2 Å². The van der Waals surface area contributed by atoms with Crippen molar-refractivity contribution < 1.29 is 13.9 Å². The Kier molecular flexibility index (Phi) is 3.29. The third-order valence-corrected chi connectivity index (χ3v) is 3.15. The van der Waals surface area contributed by atoms with Gasteiger partial charge in [0.2, 0.25) is 0 Å². The van der Waals surface area contributed by atoms with Gasteiger partial charge in [0.05, 0.1) is 17.9 Å². The zero-order chi connectivity index (χ0) is 11.5. The number of furan rings is 1. The molecule has 0 atom stereocenters. The highest BCUT2D eigenvalue weighted by Crippen LogP contribution is 2.17. The van der Waals surface area contributed by atoms with Crippen LogP contribution in [0.25, 0.3) is 0 Å². The van der Waals surface area contributed by atoms with Gasteiger partial charge in [-0.05, 0) is 25.8 Å². The fourth-order valence-corrected chi connectivity index (χ4v) is 2.07. The second kappa shape index (κ2) is 4.70. The molecule has 1 aliphatic rings. The van der Waals surface area contributed by atoms with Crippen molar-refractivity contribution in [3.63, 3.8) is 0 Å². The molecule has 0 bridgehead atoms. The van der Waals surface area contributed by atoms with Crippen molar-refractivity contribution in [2.24, 2.45) is 0 Å². The van der Waals surface area contributed by atoms with Crippen LogP contribution in [0, 0.1) is 6.92 Å². The predicted molar refractivity (Wildman–Crippen MR) is 59.4 cm³/mol. The lowest BCUT2D eigenvalue weighted by atomic mass is 10.1. The lowest BCUT2D eigenvalue weighted by Crippen LogP contribution is -2.40. The summed E-state index contributed by atoms with van der Waals surface area (Å²) in [6.07, 6.45) is 3.69. The fraction of sp³-hybridized carbons (Fsp3) is 0.583. The van der Waals surface area contributed by atoms with E-state index in [1.165, 1.54) is 0 Å². The normalized spacial score (nSPS) is 17.8. The first-order chi connectivity index (χ1) is 7.72. The lowest BCUT2D eigenvalue weighted by molar-refractivity contribution is 0.0350. The van der Waals surface area contributed by atoms with E-state index in [0.717, 1.165) is 25.9 Å². The van der Waals surface area contributed by atoms with Gasteiger partial charge in [-0.3, -0.25) is 4.79 Å². The number of likely N-dealkylation sites (tertiary alicyclic amines) is 1. The van der Waals surface area contributed by atoms with Gasteiger partial charge in [0.15, 0.2) is 0 Å². The quantitative estimate of drug-likeness (QED) is 0.768. The molecule has 0 N–H and O–H groups in total. The number of rotatable bonds is 2. The maximum atomic E-state index is 12.1. The molecule has 4 nitrogen and oxygen atoms in total. The van der Waals surface area contributed by atoms with E-state index in [4.69, 9.17) is 9.15 Å². The number of hydrogen-bond acceptors (Lipinski definition) is 3. The second-order valence-electron chi connectivity index (χ2n) is 4.12. The number of amides is 1. The maximum Gasteiger partial charge on any atom is 0.257 e. The molecule has 0 aliphatic carbocycles. The molecule has 0 aromatic carbocycles. The van der Waals surface area contributed by atoms with E-state index in [1.807, 2.05) is 11.8 Å². The van der Waals surface area contributed by atoms with Crippen LogP contribution in [-0.4, -0.2) is 37.1 Å². The number of aryl methyl sites for hydroxylation is 1. The number of carbonyl (C=O) groups excluding carboxylic acids is 1. The third-order valence-electron chi connectivity index (χ3n) is 3.15. The van der Waals surface area contributed by atoms with Crippen LogP contribution in [0.4, 0.5) is 0 Å². The van der Waals surface area contributed by atoms with Crippen LogP contribution >= 0.6 is 0 Å². The zero-order valence-electron chi connectivity index (χ0n) is 9.73. The number of ether oxygens (including phenoxy) is 1. The van der Waals surface area contributed by atoms with E-state index >= 15 is 0 Å². The maximum absolute atomic E-state index is 12.1. The van der Waals surface area contributed by atoms with Crippen molar-refractivity contribution in [3.05, 3.63) is 23.7 Å². The minimum absolute atomic E-state index is 0.0702. The minimum Gasteiger partial charge on any atom is -0.469 e. The van der Waals surface area contributed by atoms with Crippen LogP contribution in [0.5, 0.6) is 0 Å². The molecule has 1 saturated heterocycles. The van der Waals surface area contributed by atoms with E-state index in [1.54, 1.807) is 19.4 Å². The molecule has 1 aromatic heterocycles. The van der Waals surface area contributed by atoms with E-state index in [0.29, 0.717) is 17.4 Å². The van der Waals surface area contributed by atoms with Gasteiger partial charge in [-0.1, -0.05) is 0 Å². The summed E-state index contributed by atoms with van der Waals surface area (Å²) in [6, 6.07) is 1.74. The number of hydrogen-bond donors (Lipinski definition) is 0. The van der Waals surface area contributed by atoms with E-state index in [2.05, 4.69) is 0 Å². The SMILES string of the molecule is COC1CCN(C(=O)c2ccoc2C)CC1. The minimum atomic E-state index is 0.0702. The summed E-state index contributed by atoms with van der Waals surface area (Å²) >= 11 is 0. The van der Waals surface area contributed by atoms with E-state index in [-0.39, 0.29) is 5.91 Å². The molecule has 1 amide bonds. The first kappa shape index (κ1) is 11.2. The average Bonchev–Trinajstić information content (AvgIpc) is 2.75. The second-order valence-corrected chi connectivity index (χ2v) is 4.12. The summed E-state index contributed by atoms with van der Waals surface area (Å²) in [5, 5.41) is 0. The van der Waals surface area contributed by atoms with E-state index in [9.17, 15) is 4.79 Å². The van der Waals surface area contributed by atoms with Crippen LogP contribution in [0.1, 0.15) is 29.0 Å². The highest BCUT2D eigenvalue weighted by atomic mass is 16.5. The lowest BCUT2D eigenvalue weighted by Gasteiger charge is -2.31. The number of nitrogens with zero attached hydrogens (tertiary/aromatic N) is 1. The largest absolute Gasteiger partial charge is 0.469 e. The van der Waals surface area contributed by atoms with Gasteiger partial charge in [-0.25, -0.2) is 0 Å². The van der Waals surface area contributed by atoms with Crippen molar-refractivity contribution in [1.82, 2.24) is 4.90 Å². The molecule has 16 heavy (non-hydrogen) atoms. The van der Waals surface area contributed by atoms with Crippen molar-refractivity contribution in [2.75, 3.05) is 20.2 Å². The molecule has 1 aliphatic heterocycles. The Bertz CT molecular complexity index is 364. The molecule has 4 heteroatoms. The zero-order valence-corrected chi connectivity index (χ0v) is 9.73. The summed E-state index contributed by atoms with van der Waals surface area (Å²) in [5.74, 6) is 0.764. The Balaban J connectivity index is 2.00. The van der Waals surface area contributed by atoms with Crippen molar-refractivity contribution in [3.8, 4) is 0 Å². The number of carbonyl (C=O) groups is 1. The van der Waals surface area contributed by atoms with Crippen LogP contribution in [0.15, 0.2) is 16.7 Å². The molecular formula is C12H17NO3. The van der Waals surface area contributed by atoms with E-state index < -0.39 is 0 Å². The Morgan fingerprint density at radius 3 is 2.69 bits per heavy atom. The molecular weight excluding hydrogens is 206 g/mol. The Morgan fingerprint density at radius 1 is 1.50 bits per heavy atom. The van der Waals surface area contributed by atoms with Crippen molar-refractivity contribution in [2.45, 2.75) is 25.9 Å². The fourth-order valence-electron chi connectivity index (χ4n) is 2.07. The van der Waals surface area contributed by atoms with Crippen LogP contribution in [-0.2, 0) is 4.74 Å². The molecule has 0 unspecified atom stereocenters. The number of piperidine rings is 1. The third kappa shape index (κ3) is 2.11. The van der Waals surface area contributed by atoms with Gasteiger partial charge in [-0.2, -0.15) is 0 Å². The molecule has 1 fully saturated rings. The van der Waals surface area contributed by atoms with Gasteiger partial charge >= 0.3 is 0 Å². The Morgan fingerprint density at radius 2 is 2.19 bits per heavy atom. The first-order valence-electron chi connectivity index (χ1n) is 5.58. The molecule has 88 valence electrons. The molecule has 1 aromatic rings. The summed E-state index contributed by atoms with van der Waals surface area (Å²) in [6.45, 7) is 3.35. The highest BCUT2D eigenvalue weighted by molar-refractivity contribution is 5.95. The van der Waals surface area contributed by atoms with Gasteiger partial charge < -0.3 is 14.1 Å². The Hall–Kier alpha value is -1.29. The van der Waals surface area contributed by atoms with Gasteiger partial charge in [0.1, 0.15) is 5.76 Å². The molecule has 0 radical (unpaired) electrons. The number of methoxy groups -OCH3 is 1.